The second-order valence-corrected chi connectivity index (χ2v) is 8.62. The highest BCUT2D eigenvalue weighted by Crippen LogP contribution is 2.39. The minimum absolute atomic E-state index is 0.0115. The summed E-state index contributed by atoms with van der Waals surface area (Å²) in [6.07, 6.45) is 1.36. The molecule has 0 N–H and O–H groups in total. The molecule has 1 amide bonds. The highest BCUT2D eigenvalue weighted by atomic mass is 32.1. The summed E-state index contributed by atoms with van der Waals surface area (Å²) in [5, 5.41) is 4.16. The number of carbonyl (C=O) groups excluding carboxylic acids is 2. The smallest absolute Gasteiger partial charge is 0.261 e. The molecule has 0 saturated carbocycles. The molecule has 144 valence electrons. The van der Waals surface area contributed by atoms with Crippen molar-refractivity contribution in [3.05, 3.63) is 74.1 Å². The molecular formula is C22H21NO3S2. The first-order valence-corrected chi connectivity index (χ1v) is 11.1. The van der Waals surface area contributed by atoms with E-state index < -0.39 is 0 Å². The molecule has 0 aliphatic carbocycles. The largest absolute Gasteiger partial charge is 0.484 e. The van der Waals surface area contributed by atoms with E-state index in [0.29, 0.717) is 24.3 Å². The highest BCUT2D eigenvalue weighted by Gasteiger charge is 2.33. The third-order valence-electron chi connectivity index (χ3n) is 4.96. The number of carbonyl (C=O) groups is 2. The highest BCUT2D eigenvalue weighted by molar-refractivity contribution is 7.10. The lowest BCUT2D eigenvalue weighted by atomic mass is 9.98. The number of hydrogen-bond donors (Lipinski definition) is 0. The molecule has 1 aliphatic rings. The first kappa shape index (κ1) is 18.9. The number of Topliss-reactive ketones (excluding diaryl/α,β-unsaturated/α-hetero) is 1. The molecule has 4 nitrogen and oxygen atoms in total. The minimum Gasteiger partial charge on any atom is -0.484 e. The molecule has 28 heavy (non-hydrogen) atoms. The molecule has 1 unspecified atom stereocenters. The Bertz CT molecular complexity index is 960. The number of nitrogens with zero attached hydrogens (tertiary/aromatic N) is 1. The van der Waals surface area contributed by atoms with Crippen LogP contribution in [0.1, 0.15) is 45.1 Å². The monoisotopic (exact) mass is 411 g/mol. The molecular weight excluding hydrogens is 390 g/mol. The van der Waals surface area contributed by atoms with Crippen LogP contribution in [0.3, 0.4) is 0 Å². The molecule has 1 aromatic carbocycles. The van der Waals surface area contributed by atoms with Crippen LogP contribution in [0, 0.1) is 0 Å². The Balaban J connectivity index is 1.47. The molecule has 1 aliphatic heterocycles. The molecule has 4 rings (SSSR count). The van der Waals surface area contributed by atoms with E-state index >= 15 is 0 Å². The predicted molar refractivity (Wildman–Crippen MR) is 112 cm³/mol. The number of ketones is 1. The summed E-state index contributed by atoms with van der Waals surface area (Å²) in [6, 6.07) is 13.2. The molecule has 3 aromatic rings. The van der Waals surface area contributed by atoms with E-state index in [0.717, 1.165) is 6.42 Å². The molecule has 1 atom stereocenters. The number of fused-ring (bicyclic) bond motifs is 1. The van der Waals surface area contributed by atoms with Crippen LogP contribution in [-0.2, 0) is 11.2 Å². The lowest BCUT2D eigenvalue weighted by molar-refractivity contribution is -0.135. The van der Waals surface area contributed by atoms with Gasteiger partial charge in [0.15, 0.2) is 12.4 Å². The quantitative estimate of drug-likeness (QED) is 0.539. The van der Waals surface area contributed by atoms with Gasteiger partial charge in [-0.3, -0.25) is 9.59 Å². The van der Waals surface area contributed by atoms with Crippen LogP contribution in [0.15, 0.2) is 53.2 Å². The van der Waals surface area contributed by atoms with Gasteiger partial charge in [-0.1, -0.05) is 13.0 Å². The Morgan fingerprint density at radius 2 is 1.93 bits per heavy atom. The van der Waals surface area contributed by atoms with E-state index in [9.17, 15) is 9.59 Å². The maximum absolute atomic E-state index is 13.0. The Labute approximate surface area is 172 Å². The summed E-state index contributed by atoms with van der Waals surface area (Å²) in [5.74, 6) is 0.673. The normalized spacial score (nSPS) is 15.9. The minimum atomic E-state index is -0.0318. The zero-order valence-electron chi connectivity index (χ0n) is 15.6. The summed E-state index contributed by atoms with van der Waals surface area (Å²) in [5.41, 5.74) is 1.90. The first-order chi connectivity index (χ1) is 13.7. The number of ether oxygens (including phenoxy) is 1. The Hall–Kier alpha value is -2.44. The van der Waals surface area contributed by atoms with Gasteiger partial charge in [-0.05, 0) is 59.1 Å². The van der Waals surface area contributed by atoms with Gasteiger partial charge in [-0.25, -0.2) is 0 Å². The van der Waals surface area contributed by atoms with Gasteiger partial charge in [-0.15, -0.1) is 22.7 Å². The summed E-state index contributed by atoms with van der Waals surface area (Å²) < 4.78 is 5.73. The third kappa shape index (κ3) is 3.75. The standard InChI is InChI=1S/C22H21NO3S2/c1-2-18(24)15-5-7-16(8-6-15)26-14-21(25)23-11-9-19-17(10-13-28-19)22(23)20-4-3-12-27-20/h3-8,10,12-13,22H,2,9,11,14H2,1H3. The summed E-state index contributed by atoms with van der Waals surface area (Å²) in [4.78, 5) is 29.2. The topological polar surface area (TPSA) is 46.6 Å². The number of rotatable bonds is 6. The third-order valence-corrected chi connectivity index (χ3v) is 6.88. The van der Waals surface area contributed by atoms with Crippen molar-refractivity contribution in [2.45, 2.75) is 25.8 Å². The molecule has 0 spiro atoms. The summed E-state index contributed by atoms with van der Waals surface area (Å²) in [6.45, 7) is 2.53. The van der Waals surface area contributed by atoms with Crippen molar-refractivity contribution in [1.29, 1.82) is 0 Å². The Morgan fingerprint density at radius 1 is 1.11 bits per heavy atom. The van der Waals surface area contributed by atoms with E-state index in [1.54, 1.807) is 46.9 Å². The summed E-state index contributed by atoms with van der Waals surface area (Å²) in [7, 11) is 0. The van der Waals surface area contributed by atoms with E-state index in [-0.39, 0.29) is 24.3 Å². The lowest BCUT2D eigenvalue weighted by Gasteiger charge is -2.35. The van der Waals surface area contributed by atoms with Crippen LogP contribution in [0.2, 0.25) is 0 Å². The van der Waals surface area contributed by atoms with Crippen molar-refractivity contribution in [3.63, 3.8) is 0 Å². The number of benzene rings is 1. The van der Waals surface area contributed by atoms with Gasteiger partial charge in [0.05, 0.1) is 6.04 Å². The van der Waals surface area contributed by atoms with Gasteiger partial charge >= 0.3 is 0 Å². The molecule has 0 bridgehead atoms. The van der Waals surface area contributed by atoms with E-state index in [1.165, 1.54) is 15.3 Å². The van der Waals surface area contributed by atoms with Gasteiger partial charge in [0.1, 0.15) is 5.75 Å². The average molecular weight is 412 g/mol. The van der Waals surface area contributed by atoms with Crippen LogP contribution in [0.5, 0.6) is 5.75 Å². The van der Waals surface area contributed by atoms with Crippen LogP contribution in [0.25, 0.3) is 0 Å². The average Bonchev–Trinajstić information content (AvgIpc) is 3.42. The van der Waals surface area contributed by atoms with E-state index in [1.807, 2.05) is 23.3 Å². The van der Waals surface area contributed by atoms with E-state index in [2.05, 4.69) is 17.5 Å². The number of amides is 1. The van der Waals surface area contributed by atoms with Gasteiger partial charge in [-0.2, -0.15) is 0 Å². The fourth-order valence-corrected chi connectivity index (χ4v) is 5.27. The van der Waals surface area contributed by atoms with Gasteiger partial charge in [0, 0.05) is 28.3 Å². The molecule has 0 fully saturated rings. The van der Waals surface area contributed by atoms with Gasteiger partial charge < -0.3 is 9.64 Å². The molecule has 3 heterocycles. The Kier molecular flexibility index (Phi) is 5.59. The lowest BCUT2D eigenvalue weighted by Crippen LogP contribution is -2.42. The second-order valence-electron chi connectivity index (χ2n) is 6.64. The fourth-order valence-electron chi connectivity index (χ4n) is 3.51. The van der Waals surface area contributed by atoms with Crippen LogP contribution in [0.4, 0.5) is 0 Å². The predicted octanol–water partition coefficient (Wildman–Crippen LogP) is 4.96. The zero-order valence-corrected chi connectivity index (χ0v) is 17.2. The zero-order chi connectivity index (χ0) is 19.5. The fraction of sp³-hybridized carbons (Fsp3) is 0.273. The van der Waals surface area contributed by atoms with Gasteiger partial charge in [0.25, 0.3) is 5.91 Å². The van der Waals surface area contributed by atoms with Crippen LogP contribution < -0.4 is 4.74 Å². The molecule has 0 radical (unpaired) electrons. The van der Waals surface area contributed by atoms with Crippen LogP contribution in [-0.4, -0.2) is 29.7 Å². The molecule has 0 saturated heterocycles. The first-order valence-electron chi connectivity index (χ1n) is 9.32. The SMILES string of the molecule is CCC(=O)c1ccc(OCC(=O)N2CCc3sccc3C2c2cccs2)cc1. The van der Waals surface area contributed by atoms with Crippen molar-refractivity contribution >= 4 is 34.4 Å². The van der Waals surface area contributed by atoms with Crippen molar-refractivity contribution in [1.82, 2.24) is 4.90 Å². The van der Waals surface area contributed by atoms with Crippen molar-refractivity contribution in [3.8, 4) is 5.75 Å². The van der Waals surface area contributed by atoms with Crippen molar-refractivity contribution < 1.29 is 14.3 Å². The second kappa shape index (κ2) is 8.29. The van der Waals surface area contributed by atoms with Crippen molar-refractivity contribution in [2.75, 3.05) is 13.2 Å². The van der Waals surface area contributed by atoms with Crippen molar-refractivity contribution in [2.24, 2.45) is 0 Å². The van der Waals surface area contributed by atoms with Crippen LogP contribution >= 0.6 is 22.7 Å². The number of thiophene rings is 2. The maximum atomic E-state index is 13.0. The molecule has 6 heteroatoms. The van der Waals surface area contributed by atoms with Gasteiger partial charge in [0.2, 0.25) is 0 Å². The number of hydrogen-bond acceptors (Lipinski definition) is 5. The maximum Gasteiger partial charge on any atom is 0.261 e. The molecule has 2 aromatic heterocycles. The Morgan fingerprint density at radius 3 is 2.64 bits per heavy atom. The summed E-state index contributed by atoms with van der Waals surface area (Å²) >= 11 is 3.44. The van der Waals surface area contributed by atoms with E-state index in [4.69, 9.17) is 4.74 Å².